The lowest BCUT2D eigenvalue weighted by Gasteiger charge is -2.18. The molecular weight excluding hydrogens is 202 g/mol. The van der Waals surface area contributed by atoms with Crippen molar-refractivity contribution in [2.75, 3.05) is 0 Å². The summed E-state index contributed by atoms with van der Waals surface area (Å²) in [6, 6.07) is 5.01. The van der Waals surface area contributed by atoms with Crippen LogP contribution in [0, 0.1) is 11.2 Å². The highest BCUT2D eigenvalue weighted by Gasteiger charge is 2.14. The van der Waals surface area contributed by atoms with Gasteiger partial charge in [0, 0.05) is 0 Å². The van der Waals surface area contributed by atoms with Gasteiger partial charge in [-0.25, -0.2) is 4.39 Å². The third-order valence-electron chi connectivity index (χ3n) is 2.67. The fourth-order valence-corrected chi connectivity index (χ4v) is 1.59. The second-order valence-corrected chi connectivity index (χ2v) is 5.59. The predicted octanol–water partition coefficient (Wildman–Crippen LogP) is 2.63. The van der Waals surface area contributed by atoms with Crippen LogP contribution in [0.2, 0.25) is 6.82 Å². The summed E-state index contributed by atoms with van der Waals surface area (Å²) < 4.78 is 13.3. The molecule has 1 aromatic rings. The highest BCUT2D eigenvalue weighted by molar-refractivity contribution is 6.64. The normalized spacial score (nSPS) is 11.6. The van der Waals surface area contributed by atoms with Gasteiger partial charge in [0.2, 0.25) is 0 Å². The molecule has 0 amide bonds. The summed E-state index contributed by atoms with van der Waals surface area (Å²) in [5, 5.41) is 9.42. The summed E-state index contributed by atoms with van der Waals surface area (Å²) in [4.78, 5) is 0. The van der Waals surface area contributed by atoms with E-state index in [1.165, 1.54) is 6.07 Å². The maximum Gasteiger partial charge on any atom is 0.323 e. The molecule has 1 aromatic carbocycles. The van der Waals surface area contributed by atoms with Crippen molar-refractivity contribution in [2.24, 2.45) is 5.41 Å². The van der Waals surface area contributed by atoms with E-state index in [2.05, 4.69) is 20.8 Å². The molecule has 1 N–H and O–H groups in total. The van der Waals surface area contributed by atoms with Gasteiger partial charge in [-0.1, -0.05) is 39.7 Å². The molecule has 0 spiro atoms. The monoisotopic (exact) mass is 222 g/mol. The molecule has 0 saturated heterocycles. The first-order chi connectivity index (χ1) is 7.29. The lowest BCUT2D eigenvalue weighted by atomic mass is 9.63. The zero-order valence-corrected chi connectivity index (χ0v) is 10.5. The lowest BCUT2D eigenvalue weighted by Crippen LogP contribution is -2.29. The van der Waals surface area contributed by atoms with Crippen molar-refractivity contribution in [3.63, 3.8) is 0 Å². The summed E-state index contributed by atoms with van der Waals surface area (Å²) in [7, 11) is 0. The Hall–Kier alpha value is -0.825. The zero-order valence-electron chi connectivity index (χ0n) is 10.5. The third-order valence-corrected chi connectivity index (χ3v) is 2.67. The van der Waals surface area contributed by atoms with Crippen LogP contribution >= 0.6 is 0 Å². The fourth-order valence-electron chi connectivity index (χ4n) is 1.59. The summed E-state index contributed by atoms with van der Waals surface area (Å²) in [6.45, 7) is 7.41. The largest absolute Gasteiger partial charge is 0.446 e. The molecule has 1 nitrogen and oxygen atoms in total. The van der Waals surface area contributed by atoms with E-state index in [9.17, 15) is 9.41 Å². The summed E-state index contributed by atoms with van der Waals surface area (Å²) in [5.74, 6) is -0.325. The number of benzene rings is 1. The highest BCUT2D eigenvalue weighted by Crippen LogP contribution is 2.21. The van der Waals surface area contributed by atoms with Crippen molar-refractivity contribution in [3.8, 4) is 0 Å². The van der Waals surface area contributed by atoms with Crippen molar-refractivity contribution in [2.45, 2.75) is 40.4 Å². The molecule has 0 saturated carbocycles. The van der Waals surface area contributed by atoms with Gasteiger partial charge in [-0.2, -0.15) is 0 Å². The van der Waals surface area contributed by atoms with E-state index in [1.807, 2.05) is 0 Å². The molecule has 16 heavy (non-hydrogen) atoms. The van der Waals surface area contributed by atoms with Crippen LogP contribution in [0.15, 0.2) is 18.2 Å². The Morgan fingerprint density at radius 2 is 1.94 bits per heavy atom. The van der Waals surface area contributed by atoms with Crippen molar-refractivity contribution >= 4 is 12.4 Å². The van der Waals surface area contributed by atoms with E-state index in [4.69, 9.17) is 0 Å². The van der Waals surface area contributed by atoms with E-state index >= 15 is 0 Å². The number of halogens is 1. The van der Waals surface area contributed by atoms with Gasteiger partial charge in [-0.15, -0.1) is 0 Å². The minimum absolute atomic E-state index is 0.277. The standard InChI is InChI=1S/C13H20BFO/c1-13(2,3)8-7-10-5-6-12(15)11(9-10)14(4)16/h5-6,9,16H,7-8H2,1-4H3. The van der Waals surface area contributed by atoms with Crippen LogP contribution in [-0.4, -0.2) is 11.9 Å². The zero-order chi connectivity index (χ0) is 12.3. The maximum atomic E-state index is 13.3. The molecule has 0 atom stereocenters. The van der Waals surface area contributed by atoms with Gasteiger partial charge in [-0.05, 0) is 35.3 Å². The van der Waals surface area contributed by atoms with Crippen molar-refractivity contribution < 1.29 is 9.41 Å². The molecule has 0 aliphatic carbocycles. The van der Waals surface area contributed by atoms with Gasteiger partial charge in [-0.3, -0.25) is 0 Å². The molecule has 0 aliphatic heterocycles. The Balaban J connectivity index is 2.79. The molecule has 0 aliphatic rings. The second-order valence-electron chi connectivity index (χ2n) is 5.59. The average Bonchev–Trinajstić information content (AvgIpc) is 2.14. The van der Waals surface area contributed by atoms with Crippen LogP contribution in [0.3, 0.4) is 0 Å². The van der Waals surface area contributed by atoms with Crippen LogP contribution in [0.5, 0.6) is 0 Å². The number of hydrogen-bond acceptors (Lipinski definition) is 1. The molecule has 0 fully saturated rings. The van der Waals surface area contributed by atoms with E-state index < -0.39 is 6.92 Å². The maximum absolute atomic E-state index is 13.3. The topological polar surface area (TPSA) is 20.2 Å². The molecule has 0 heterocycles. The van der Waals surface area contributed by atoms with E-state index in [1.54, 1.807) is 19.0 Å². The molecule has 0 unspecified atom stereocenters. The van der Waals surface area contributed by atoms with Crippen molar-refractivity contribution in [3.05, 3.63) is 29.6 Å². The Kier molecular flexibility index (Phi) is 4.14. The Morgan fingerprint density at radius 1 is 1.31 bits per heavy atom. The van der Waals surface area contributed by atoms with E-state index in [0.717, 1.165) is 18.4 Å². The quantitative estimate of drug-likeness (QED) is 0.779. The van der Waals surface area contributed by atoms with Crippen LogP contribution in [-0.2, 0) is 6.42 Å². The predicted molar refractivity (Wildman–Crippen MR) is 67.6 cm³/mol. The molecule has 0 radical (unpaired) electrons. The number of hydrogen-bond donors (Lipinski definition) is 1. The molecule has 0 bridgehead atoms. The Labute approximate surface area is 97.8 Å². The smallest absolute Gasteiger partial charge is 0.323 e. The van der Waals surface area contributed by atoms with Crippen molar-refractivity contribution in [1.29, 1.82) is 0 Å². The van der Waals surface area contributed by atoms with Crippen molar-refractivity contribution in [1.82, 2.24) is 0 Å². The summed E-state index contributed by atoms with van der Waals surface area (Å²) in [5.41, 5.74) is 1.76. The number of aryl methyl sites for hydroxylation is 1. The third kappa shape index (κ3) is 3.97. The number of rotatable bonds is 3. The minimum Gasteiger partial charge on any atom is -0.446 e. The van der Waals surface area contributed by atoms with Crippen LogP contribution in [0.1, 0.15) is 32.8 Å². The minimum atomic E-state index is -0.741. The van der Waals surface area contributed by atoms with E-state index in [0.29, 0.717) is 5.46 Å². The first-order valence-corrected chi connectivity index (χ1v) is 5.76. The fraction of sp³-hybridized carbons (Fsp3) is 0.538. The molecule has 1 rings (SSSR count). The van der Waals surface area contributed by atoms with Gasteiger partial charge >= 0.3 is 6.92 Å². The first-order valence-electron chi connectivity index (χ1n) is 5.76. The molecule has 88 valence electrons. The van der Waals surface area contributed by atoms with Crippen LogP contribution < -0.4 is 5.46 Å². The summed E-state index contributed by atoms with van der Waals surface area (Å²) in [6.07, 6.45) is 1.97. The molecule has 3 heteroatoms. The van der Waals surface area contributed by atoms with Crippen LogP contribution in [0.25, 0.3) is 0 Å². The first kappa shape index (κ1) is 13.2. The van der Waals surface area contributed by atoms with Gasteiger partial charge in [0.05, 0.1) is 0 Å². The lowest BCUT2D eigenvalue weighted by molar-refractivity contribution is 0.378. The second kappa shape index (κ2) is 5.00. The van der Waals surface area contributed by atoms with Gasteiger partial charge < -0.3 is 5.02 Å². The summed E-state index contributed by atoms with van der Waals surface area (Å²) >= 11 is 0. The SMILES string of the molecule is CB(O)c1cc(CCC(C)(C)C)ccc1F. The molecule has 0 aromatic heterocycles. The van der Waals surface area contributed by atoms with Gasteiger partial charge in [0.25, 0.3) is 0 Å². The highest BCUT2D eigenvalue weighted by atomic mass is 19.1. The van der Waals surface area contributed by atoms with Crippen LogP contribution in [0.4, 0.5) is 4.39 Å². The van der Waals surface area contributed by atoms with Gasteiger partial charge in [0.1, 0.15) is 5.82 Å². The van der Waals surface area contributed by atoms with Gasteiger partial charge in [0.15, 0.2) is 0 Å². The Morgan fingerprint density at radius 3 is 2.44 bits per heavy atom. The average molecular weight is 222 g/mol. The Bertz CT molecular complexity index is 355. The molecular formula is C13H20BFO. The van der Waals surface area contributed by atoms with E-state index in [-0.39, 0.29) is 11.2 Å².